The van der Waals surface area contributed by atoms with Gasteiger partial charge in [-0.25, -0.2) is 0 Å². The van der Waals surface area contributed by atoms with Gasteiger partial charge in [0.1, 0.15) is 5.75 Å². The van der Waals surface area contributed by atoms with Gasteiger partial charge in [0.15, 0.2) is 11.9 Å². The lowest BCUT2D eigenvalue weighted by Gasteiger charge is -2.17. The van der Waals surface area contributed by atoms with Crippen LogP contribution in [0.25, 0.3) is 11.1 Å². The van der Waals surface area contributed by atoms with E-state index in [9.17, 15) is 4.79 Å². The molecule has 2 nitrogen and oxygen atoms in total. The molecule has 0 heterocycles. The summed E-state index contributed by atoms with van der Waals surface area (Å²) >= 11 is 0. The maximum atomic E-state index is 12.0. The SMILES string of the molecule is CCC(=O)C(Oc1cc2cc-2c1)c1ccccc1. The highest BCUT2D eigenvalue weighted by Crippen LogP contribution is 2.41. The molecule has 18 heavy (non-hydrogen) atoms. The number of benzene rings is 2. The Hall–Kier alpha value is -2.09. The van der Waals surface area contributed by atoms with E-state index in [1.165, 1.54) is 11.1 Å². The molecule has 90 valence electrons. The Bertz CT molecular complexity index is 567. The summed E-state index contributed by atoms with van der Waals surface area (Å²) < 4.78 is 5.85. The van der Waals surface area contributed by atoms with E-state index in [1.807, 2.05) is 49.4 Å². The molecular formula is C16H14O2. The fraction of sp³-hybridized carbons (Fsp3) is 0.188. The Labute approximate surface area is 106 Å². The number of ketones is 1. The largest absolute Gasteiger partial charge is 0.478 e. The number of carbonyl (C=O) groups excluding carboxylic acids is 1. The lowest BCUT2D eigenvalue weighted by molar-refractivity contribution is -0.125. The van der Waals surface area contributed by atoms with Crippen LogP contribution in [-0.2, 0) is 4.79 Å². The Morgan fingerprint density at radius 2 is 1.78 bits per heavy atom. The van der Waals surface area contributed by atoms with E-state index in [-0.39, 0.29) is 5.78 Å². The molecule has 1 aromatic rings. The van der Waals surface area contributed by atoms with Crippen molar-refractivity contribution in [2.45, 2.75) is 19.4 Å². The van der Waals surface area contributed by atoms with Gasteiger partial charge < -0.3 is 4.74 Å². The number of hydrogen-bond acceptors (Lipinski definition) is 2. The molecule has 2 heteroatoms. The van der Waals surface area contributed by atoms with Gasteiger partial charge in [-0.2, -0.15) is 0 Å². The van der Waals surface area contributed by atoms with Crippen molar-refractivity contribution in [1.82, 2.24) is 0 Å². The van der Waals surface area contributed by atoms with Gasteiger partial charge in [-0.1, -0.05) is 37.3 Å². The molecule has 2 aliphatic rings. The monoisotopic (exact) mass is 238 g/mol. The van der Waals surface area contributed by atoms with Crippen molar-refractivity contribution in [3.8, 4) is 16.9 Å². The summed E-state index contributed by atoms with van der Waals surface area (Å²) in [5.41, 5.74) is 3.36. The lowest BCUT2D eigenvalue weighted by Crippen LogP contribution is -2.17. The normalized spacial score (nSPS) is 12.9. The molecule has 0 fully saturated rings. The highest BCUT2D eigenvalue weighted by atomic mass is 16.5. The van der Waals surface area contributed by atoms with Crippen LogP contribution in [0.5, 0.6) is 5.75 Å². The highest BCUT2D eigenvalue weighted by molar-refractivity contribution is 5.86. The first kappa shape index (κ1) is 11.0. The number of fused-ring (bicyclic) bond motifs is 1. The van der Waals surface area contributed by atoms with Crippen LogP contribution in [0, 0.1) is 0 Å². The number of hydrogen-bond donors (Lipinski definition) is 0. The van der Waals surface area contributed by atoms with Crippen molar-refractivity contribution in [2.75, 3.05) is 0 Å². The number of ether oxygens (including phenoxy) is 1. The van der Waals surface area contributed by atoms with E-state index in [1.54, 1.807) is 0 Å². The second-order valence-electron chi connectivity index (χ2n) is 4.47. The smallest absolute Gasteiger partial charge is 0.182 e. The number of carbonyl (C=O) groups is 1. The van der Waals surface area contributed by atoms with Gasteiger partial charge in [0.05, 0.1) is 0 Å². The summed E-state index contributed by atoms with van der Waals surface area (Å²) in [5, 5.41) is 0. The molecule has 3 rings (SSSR count). The Morgan fingerprint density at radius 3 is 2.39 bits per heavy atom. The zero-order valence-electron chi connectivity index (χ0n) is 10.2. The average Bonchev–Trinajstić information content (AvgIpc) is 3.03. The van der Waals surface area contributed by atoms with Crippen LogP contribution in [0.4, 0.5) is 0 Å². The third kappa shape index (κ3) is 2.02. The van der Waals surface area contributed by atoms with Crippen molar-refractivity contribution in [3.05, 3.63) is 54.1 Å². The molecule has 1 atom stereocenters. The minimum absolute atomic E-state index is 0.107. The number of rotatable bonds is 5. The molecule has 0 aliphatic heterocycles. The van der Waals surface area contributed by atoms with E-state index in [2.05, 4.69) is 6.07 Å². The van der Waals surface area contributed by atoms with Crippen LogP contribution in [0.15, 0.2) is 48.5 Å². The molecule has 0 saturated heterocycles. The van der Waals surface area contributed by atoms with Crippen molar-refractivity contribution in [3.63, 3.8) is 0 Å². The van der Waals surface area contributed by atoms with Crippen LogP contribution in [0.3, 0.4) is 0 Å². The van der Waals surface area contributed by atoms with E-state index < -0.39 is 6.10 Å². The maximum Gasteiger partial charge on any atom is 0.182 e. The molecule has 0 bridgehead atoms. The van der Waals surface area contributed by atoms with Crippen LogP contribution in [-0.4, -0.2) is 5.78 Å². The predicted octanol–water partition coefficient (Wildman–Crippen LogP) is 3.77. The van der Waals surface area contributed by atoms with Crippen molar-refractivity contribution in [2.24, 2.45) is 0 Å². The standard InChI is InChI=1S/C16H14O2/c1-2-15(17)16(11-6-4-3-5-7-11)18-14-9-12-8-13(12)10-14/h3-10,16H,2H2,1H3. The molecule has 0 spiro atoms. The predicted molar refractivity (Wildman–Crippen MR) is 70.5 cm³/mol. The van der Waals surface area contributed by atoms with Gasteiger partial charge in [0.25, 0.3) is 0 Å². The van der Waals surface area contributed by atoms with Crippen molar-refractivity contribution in [1.29, 1.82) is 0 Å². The van der Waals surface area contributed by atoms with Crippen LogP contribution < -0.4 is 4.74 Å². The zero-order chi connectivity index (χ0) is 12.5. The molecule has 0 radical (unpaired) electrons. The van der Waals surface area contributed by atoms with Crippen molar-refractivity contribution >= 4 is 5.78 Å². The number of Topliss-reactive ketones (excluding diaryl/α,β-unsaturated/α-hetero) is 1. The zero-order valence-corrected chi connectivity index (χ0v) is 10.2. The minimum atomic E-state index is -0.489. The van der Waals surface area contributed by atoms with Crippen LogP contribution in [0.2, 0.25) is 0 Å². The molecule has 0 aromatic heterocycles. The van der Waals surface area contributed by atoms with Crippen LogP contribution in [0.1, 0.15) is 25.0 Å². The van der Waals surface area contributed by atoms with Gasteiger partial charge in [0, 0.05) is 6.42 Å². The minimum Gasteiger partial charge on any atom is -0.478 e. The fourth-order valence-electron chi connectivity index (χ4n) is 2.07. The quantitative estimate of drug-likeness (QED) is 0.676. The van der Waals surface area contributed by atoms with Gasteiger partial charge in [0.2, 0.25) is 0 Å². The Balaban J connectivity index is 1.85. The summed E-state index contributed by atoms with van der Waals surface area (Å²) in [7, 11) is 0. The molecule has 0 amide bonds. The van der Waals surface area contributed by atoms with Gasteiger partial charge >= 0.3 is 0 Å². The first-order valence-electron chi connectivity index (χ1n) is 6.17. The Kier molecular flexibility index (Phi) is 2.63. The maximum absolute atomic E-state index is 12.0. The van der Waals surface area contributed by atoms with Crippen molar-refractivity contribution < 1.29 is 9.53 Å². The highest BCUT2D eigenvalue weighted by Gasteiger charge is 2.23. The summed E-state index contributed by atoms with van der Waals surface area (Å²) in [6, 6.07) is 15.7. The van der Waals surface area contributed by atoms with E-state index in [4.69, 9.17) is 4.74 Å². The van der Waals surface area contributed by atoms with E-state index in [0.29, 0.717) is 6.42 Å². The fourth-order valence-corrected chi connectivity index (χ4v) is 2.07. The molecular weight excluding hydrogens is 224 g/mol. The Morgan fingerprint density at radius 1 is 1.11 bits per heavy atom. The second kappa shape index (κ2) is 4.30. The molecule has 1 unspecified atom stereocenters. The molecule has 0 saturated carbocycles. The van der Waals surface area contributed by atoms with E-state index in [0.717, 1.165) is 11.3 Å². The van der Waals surface area contributed by atoms with E-state index >= 15 is 0 Å². The summed E-state index contributed by atoms with van der Waals surface area (Å²) in [4.78, 5) is 12.0. The summed E-state index contributed by atoms with van der Waals surface area (Å²) in [6.07, 6.45) is -0.0102. The second-order valence-corrected chi connectivity index (χ2v) is 4.47. The van der Waals surface area contributed by atoms with Crippen LogP contribution >= 0.6 is 0 Å². The first-order valence-corrected chi connectivity index (χ1v) is 6.17. The van der Waals surface area contributed by atoms with Gasteiger partial charge in [-0.3, -0.25) is 4.79 Å². The third-order valence-corrected chi connectivity index (χ3v) is 3.15. The lowest BCUT2D eigenvalue weighted by atomic mass is 10.0. The van der Waals surface area contributed by atoms with Gasteiger partial charge in [-0.05, 0) is 34.9 Å². The third-order valence-electron chi connectivity index (χ3n) is 3.15. The molecule has 2 aliphatic carbocycles. The molecule has 1 aromatic carbocycles. The first-order chi connectivity index (χ1) is 8.78. The topological polar surface area (TPSA) is 26.3 Å². The summed E-state index contributed by atoms with van der Waals surface area (Å²) in [6.45, 7) is 1.86. The summed E-state index contributed by atoms with van der Waals surface area (Å²) in [5.74, 6) is 0.896. The molecule has 0 N–H and O–H groups in total. The average molecular weight is 238 g/mol. The van der Waals surface area contributed by atoms with Gasteiger partial charge in [-0.15, -0.1) is 0 Å².